The molecule has 0 radical (unpaired) electrons. The zero-order valence-electron chi connectivity index (χ0n) is 16.6. The Morgan fingerprint density at radius 2 is 2.10 bits per heavy atom. The van der Waals surface area contributed by atoms with Crippen LogP contribution in [0.2, 0.25) is 0 Å². The van der Waals surface area contributed by atoms with E-state index in [-0.39, 0.29) is 17.9 Å². The Morgan fingerprint density at radius 1 is 1.23 bits per heavy atom. The minimum absolute atomic E-state index is 0.0587. The summed E-state index contributed by atoms with van der Waals surface area (Å²) in [7, 11) is 1.78. The summed E-state index contributed by atoms with van der Waals surface area (Å²) in [5.41, 5.74) is 1.50. The maximum atomic E-state index is 12.7. The zero-order chi connectivity index (χ0) is 20.7. The molecule has 1 unspecified atom stereocenters. The van der Waals surface area contributed by atoms with Crippen LogP contribution in [0.1, 0.15) is 12.8 Å². The Balaban J connectivity index is 1.30. The van der Waals surface area contributed by atoms with E-state index >= 15 is 0 Å². The molecule has 30 heavy (non-hydrogen) atoms. The molecule has 3 aromatic heterocycles. The Morgan fingerprint density at radius 3 is 2.87 bits per heavy atom. The molecule has 0 bridgehead atoms. The summed E-state index contributed by atoms with van der Waals surface area (Å²) in [5.74, 6) is 0.605. The normalized spacial score (nSPS) is 19.4. The molecule has 1 N–H and O–H groups in total. The van der Waals surface area contributed by atoms with Gasteiger partial charge in [0.15, 0.2) is 11.5 Å². The van der Waals surface area contributed by atoms with Crippen LogP contribution in [-0.2, 0) is 9.59 Å². The molecule has 2 saturated heterocycles. The number of rotatable bonds is 4. The van der Waals surface area contributed by atoms with Crippen molar-refractivity contribution in [2.24, 2.45) is 5.92 Å². The Kier molecular flexibility index (Phi) is 4.53. The van der Waals surface area contributed by atoms with Crippen LogP contribution in [-0.4, -0.2) is 74.2 Å². The van der Waals surface area contributed by atoms with E-state index in [9.17, 15) is 9.59 Å². The van der Waals surface area contributed by atoms with Crippen LogP contribution in [0.4, 0.5) is 5.82 Å². The maximum absolute atomic E-state index is 12.7. The van der Waals surface area contributed by atoms with Crippen molar-refractivity contribution >= 4 is 23.3 Å². The zero-order valence-corrected chi connectivity index (χ0v) is 16.6. The molecule has 5 heterocycles. The highest BCUT2D eigenvalue weighted by molar-refractivity contribution is 6.00. The van der Waals surface area contributed by atoms with Gasteiger partial charge in [-0.1, -0.05) is 0 Å². The first-order valence-electron chi connectivity index (χ1n) is 10.0. The van der Waals surface area contributed by atoms with E-state index in [1.807, 2.05) is 24.3 Å². The van der Waals surface area contributed by atoms with Crippen molar-refractivity contribution in [3.05, 3.63) is 36.7 Å². The molecule has 0 spiro atoms. The number of carbonyl (C=O) groups excluding carboxylic acids is 2. The second kappa shape index (κ2) is 7.36. The molecule has 0 saturated carbocycles. The summed E-state index contributed by atoms with van der Waals surface area (Å²) < 4.78 is 1.71. The molecule has 2 aliphatic rings. The number of nitrogens with one attached hydrogen (secondary N) is 1. The van der Waals surface area contributed by atoms with Gasteiger partial charge in [-0.15, -0.1) is 15.3 Å². The van der Waals surface area contributed by atoms with Crippen molar-refractivity contribution < 1.29 is 9.59 Å². The highest BCUT2D eigenvalue weighted by Gasteiger charge is 2.38. The number of piperidine rings is 1. The number of fused-ring (bicyclic) bond motifs is 1. The average Bonchev–Trinajstić information content (AvgIpc) is 3.16. The summed E-state index contributed by atoms with van der Waals surface area (Å²) in [6, 6.07) is 7.61. The van der Waals surface area contributed by atoms with Gasteiger partial charge in [-0.05, 0) is 37.1 Å². The number of carbonyl (C=O) groups is 2. The predicted octanol–water partition coefficient (Wildman–Crippen LogP) is 0.360. The molecular weight excluding hydrogens is 384 g/mol. The van der Waals surface area contributed by atoms with E-state index in [2.05, 4.69) is 25.4 Å². The number of likely N-dealkylation sites (N-methyl/N-ethyl adjacent to an activating group) is 1. The number of hydrogen-bond acceptors (Lipinski definition) is 7. The predicted molar refractivity (Wildman–Crippen MR) is 109 cm³/mol. The van der Waals surface area contributed by atoms with Crippen LogP contribution in [0.15, 0.2) is 36.7 Å². The SMILES string of the molecule is CN(C(=O)C1CCCNC1=O)C1CN(c2ccc3nnc(-c4cccnc4)n3n2)C1. The third kappa shape index (κ3) is 3.14. The van der Waals surface area contributed by atoms with Gasteiger partial charge in [-0.2, -0.15) is 4.52 Å². The third-order valence-corrected chi connectivity index (χ3v) is 5.83. The fourth-order valence-electron chi connectivity index (χ4n) is 3.94. The summed E-state index contributed by atoms with van der Waals surface area (Å²) in [6.45, 7) is 1.99. The summed E-state index contributed by atoms with van der Waals surface area (Å²) in [4.78, 5) is 32.7. The molecule has 0 aliphatic carbocycles. The number of anilines is 1. The standard InChI is InChI=1S/C20H22N8O2/c1-26(20(30)15-5-3-9-22-19(15)29)14-11-27(12-14)17-7-6-16-23-24-18(28(16)25-17)13-4-2-8-21-10-13/h2,4,6-8,10,14-15H,3,5,9,11-12H2,1H3,(H,22,29). The lowest BCUT2D eigenvalue weighted by molar-refractivity contribution is -0.144. The lowest BCUT2D eigenvalue weighted by Crippen LogP contribution is -2.62. The minimum Gasteiger partial charge on any atom is -0.355 e. The van der Waals surface area contributed by atoms with Crippen LogP contribution in [0, 0.1) is 5.92 Å². The fraction of sp³-hybridized carbons (Fsp3) is 0.400. The molecule has 5 rings (SSSR count). The van der Waals surface area contributed by atoms with Crippen LogP contribution in [0.3, 0.4) is 0 Å². The van der Waals surface area contributed by atoms with E-state index in [0.717, 1.165) is 17.8 Å². The van der Waals surface area contributed by atoms with Gasteiger partial charge >= 0.3 is 0 Å². The van der Waals surface area contributed by atoms with Crippen molar-refractivity contribution in [2.45, 2.75) is 18.9 Å². The number of amides is 2. The first kappa shape index (κ1) is 18.5. The van der Waals surface area contributed by atoms with Crippen molar-refractivity contribution in [1.29, 1.82) is 0 Å². The molecule has 2 aliphatic heterocycles. The van der Waals surface area contributed by atoms with Crippen LogP contribution >= 0.6 is 0 Å². The van der Waals surface area contributed by atoms with Gasteiger partial charge in [0.25, 0.3) is 0 Å². The molecule has 10 nitrogen and oxygen atoms in total. The lowest BCUT2D eigenvalue weighted by atomic mass is 9.95. The van der Waals surface area contributed by atoms with Gasteiger partial charge in [0.05, 0.1) is 6.04 Å². The van der Waals surface area contributed by atoms with Gasteiger partial charge in [-0.25, -0.2) is 0 Å². The molecular formula is C20H22N8O2. The second-order valence-electron chi connectivity index (χ2n) is 7.72. The van der Waals surface area contributed by atoms with E-state index in [0.29, 0.717) is 37.5 Å². The Bertz CT molecular complexity index is 1090. The fourth-order valence-corrected chi connectivity index (χ4v) is 3.94. The van der Waals surface area contributed by atoms with E-state index in [1.54, 1.807) is 28.9 Å². The van der Waals surface area contributed by atoms with Crippen molar-refractivity contribution in [3.63, 3.8) is 0 Å². The highest BCUT2D eigenvalue weighted by atomic mass is 16.2. The molecule has 0 aromatic carbocycles. The van der Waals surface area contributed by atoms with E-state index in [1.165, 1.54) is 0 Å². The smallest absolute Gasteiger partial charge is 0.235 e. The number of hydrogen-bond donors (Lipinski definition) is 1. The number of aromatic nitrogens is 5. The third-order valence-electron chi connectivity index (χ3n) is 5.83. The van der Waals surface area contributed by atoms with Gasteiger partial charge < -0.3 is 15.1 Å². The molecule has 154 valence electrons. The van der Waals surface area contributed by atoms with Crippen LogP contribution in [0.5, 0.6) is 0 Å². The van der Waals surface area contributed by atoms with E-state index < -0.39 is 5.92 Å². The molecule has 2 fully saturated rings. The van der Waals surface area contributed by atoms with Gasteiger partial charge in [0, 0.05) is 44.6 Å². The average molecular weight is 406 g/mol. The van der Waals surface area contributed by atoms with E-state index in [4.69, 9.17) is 5.10 Å². The summed E-state index contributed by atoms with van der Waals surface area (Å²) >= 11 is 0. The second-order valence-corrected chi connectivity index (χ2v) is 7.72. The first-order valence-corrected chi connectivity index (χ1v) is 10.0. The first-order chi connectivity index (χ1) is 14.6. The topological polar surface area (TPSA) is 109 Å². The Hall–Kier alpha value is -3.56. The maximum Gasteiger partial charge on any atom is 0.235 e. The number of nitrogens with zero attached hydrogens (tertiary/aromatic N) is 7. The quantitative estimate of drug-likeness (QED) is 0.623. The Labute approximate surface area is 172 Å². The van der Waals surface area contributed by atoms with Crippen LogP contribution < -0.4 is 10.2 Å². The monoisotopic (exact) mass is 406 g/mol. The van der Waals surface area contributed by atoms with Gasteiger partial charge in [0.1, 0.15) is 11.7 Å². The van der Waals surface area contributed by atoms with Crippen molar-refractivity contribution in [2.75, 3.05) is 31.6 Å². The van der Waals surface area contributed by atoms with Crippen molar-refractivity contribution in [1.82, 2.24) is 35.0 Å². The molecule has 3 aromatic rings. The van der Waals surface area contributed by atoms with Gasteiger partial charge in [0.2, 0.25) is 11.8 Å². The van der Waals surface area contributed by atoms with Gasteiger partial charge in [-0.3, -0.25) is 14.6 Å². The molecule has 1 atom stereocenters. The summed E-state index contributed by atoms with van der Waals surface area (Å²) in [5, 5.41) is 15.9. The molecule has 10 heteroatoms. The lowest BCUT2D eigenvalue weighted by Gasteiger charge is -2.45. The minimum atomic E-state index is -0.564. The highest BCUT2D eigenvalue weighted by Crippen LogP contribution is 2.25. The van der Waals surface area contributed by atoms with Crippen LogP contribution in [0.25, 0.3) is 17.0 Å². The molecule has 2 amide bonds. The van der Waals surface area contributed by atoms with Crippen molar-refractivity contribution in [3.8, 4) is 11.4 Å². The summed E-state index contributed by atoms with van der Waals surface area (Å²) in [6.07, 6.45) is 4.90. The number of pyridine rings is 1. The largest absolute Gasteiger partial charge is 0.355 e.